The van der Waals surface area contributed by atoms with Crippen molar-refractivity contribution < 1.29 is 46.8 Å². The second kappa shape index (κ2) is 34.6. The molecule has 11 heteroatoms. The predicted molar refractivity (Wildman–Crippen MR) is 216 cm³/mol. The fourth-order valence-electron chi connectivity index (χ4n) is 5.58. The van der Waals surface area contributed by atoms with Crippen molar-refractivity contribution in [1.29, 1.82) is 0 Å². The van der Waals surface area contributed by atoms with Crippen molar-refractivity contribution in [3.8, 4) is 0 Å². The van der Waals surface area contributed by atoms with Gasteiger partial charge in [0.05, 0.1) is 27.7 Å². The first-order valence-electron chi connectivity index (χ1n) is 21.0. The zero-order valence-electron chi connectivity index (χ0n) is 34.5. The number of ether oxygens (including phenoxy) is 2. The highest BCUT2D eigenvalue weighted by molar-refractivity contribution is 7.47. The second-order valence-electron chi connectivity index (χ2n) is 15.4. The van der Waals surface area contributed by atoms with E-state index in [1.807, 2.05) is 33.3 Å². The van der Waals surface area contributed by atoms with E-state index in [2.05, 4.69) is 19.9 Å². The minimum Gasteiger partial charge on any atom is -0.462 e. The molecule has 0 aromatic carbocycles. The lowest BCUT2D eigenvalue weighted by Gasteiger charge is -2.24. The largest absolute Gasteiger partial charge is 0.472 e. The summed E-state index contributed by atoms with van der Waals surface area (Å²) in [7, 11) is 1.41. The number of esters is 2. The van der Waals surface area contributed by atoms with E-state index in [-0.39, 0.29) is 31.8 Å². The molecule has 10 nitrogen and oxygen atoms in total. The highest BCUT2D eigenvalue weighted by Crippen LogP contribution is 2.43. The fraction of sp³-hybridized carbons (Fsp3) is 0.833. The van der Waals surface area contributed by atoms with Crippen molar-refractivity contribution in [2.24, 2.45) is 0 Å². The molecule has 0 fully saturated rings. The molecule has 0 saturated carbocycles. The van der Waals surface area contributed by atoms with Gasteiger partial charge in [0.15, 0.2) is 11.9 Å². The van der Waals surface area contributed by atoms with Crippen LogP contribution in [0.1, 0.15) is 174 Å². The first-order chi connectivity index (χ1) is 25.4. The third kappa shape index (κ3) is 38.2. The zero-order valence-corrected chi connectivity index (χ0v) is 35.4. The Labute approximate surface area is 324 Å². The third-order valence-corrected chi connectivity index (χ3v) is 9.94. The molecular weight excluding hydrogens is 693 g/mol. The highest BCUT2D eigenvalue weighted by atomic mass is 31.2. The van der Waals surface area contributed by atoms with Crippen LogP contribution in [0.25, 0.3) is 0 Å². The molecule has 0 aliphatic heterocycles. The number of hydrogen-bond acceptors (Lipinski definition) is 8. The molecule has 0 aromatic rings. The summed E-state index contributed by atoms with van der Waals surface area (Å²) >= 11 is 0. The molecule has 0 saturated heterocycles. The molecule has 53 heavy (non-hydrogen) atoms. The Morgan fingerprint density at radius 1 is 0.623 bits per heavy atom. The normalized spacial score (nSPS) is 13.8. The molecule has 0 aliphatic rings. The summed E-state index contributed by atoms with van der Waals surface area (Å²) in [6.45, 7) is 4.23. The van der Waals surface area contributed by atoms with Gasteiger partial charge in [0, 0.05) is 19.3 Å². The standard InChI is InChI=1S/C42H78NO9P/c1-6-8-10-12-14-15-16-17-18-19-21-25-30-34-42(46)52-40(38-51-53(47,48)50-36-35-43(3,4)5)37-49-41(45)33-29-26-22-24-28-32-39(44)31-27-23-20-13-11-9-7-2/h20,23,27,31,40H,6-19,21-22,24-26,28-30,32-38H2,1-5H3/p+1/b23-20-,31-27+/t40-/m1/s1. The Kier molecular flexibility index (Phi) is 33.4. The molecule has 0 amide bonds. The van der Waals surface area contributed by atoms with Gasteiger partial charge in [-0.15, -0.1) is 0 Å². The number of allylic oxidation sites excluding steroid dienone is 4. The molecule has 0 spiro atoms. The van der Waals surface area contributed by atoms with Crippen molar-refractivity contribution in [2.45, 2.75) is 180 Å². The zero-order chi connectivity index (χ0) is 39.5. The number of likely N-dealkylation sites (N-methyl/N-ethyl adjacent to an activating group) is 1. The van der Waals surface area contributed by atoms with Crippen LogP contribution in [-0.4, -0.2) is 80.7 Å². The molecule has 1 N–H and O–H groups in total. The van der Waals surface area contributed by atoms with Crippen molar-refractivity contribution in [1.82, 2.24) is 0 Å². The lowest BCUT2D eigenvalue weighted by Crippen LogP contribution is -2.37. The molecule has 0 aromatic heterocycles. The number of phosphoric acid groups is 1. The minimum absolute atomic E-state index is 0.0139. The maximum atomic E-state index is 12.6. The molecular formula is C42H79NO9P+. The van der Waals surface area contributed by atoms with Crippen molar-refractivity contribution in [2.75, 3.05) is 47.5 Å². The van der Waals surface area contributed by atoms with E-state index in [1.165, 1.54) is 77.0 Å². The van der Waals surface area contributed by atoms with Gasteiger partial charge in [0.25, 0.3) is 0 Å². The number of phosphoric ester groups is 1. The maximum absolute atomic E-state index is 12.6. The topological polar surface area (TPSA) is 125 Å². The van der Waals surface area contributed by atoms with Gasteiger partial charge < -0.3 is 18.9 Å². The van der Waals surface area contributed by atoms with E-state index in [4.69, 9.17) is 18.5 Å². The predicted octanol–water partition coefficient (Wildman–Crippen LogP) is 10.8. The Hall–Kier alpha value is -1.84. The van der Waals surface area contributed by atoms with Gasteiger partial charge >= 0.3 is 19.8 Å². The smallest absolute Gasteiger partial charge is 0.462 e. The fourth-order valence-corrected chi connectivity index (χ4v) is 6.32. The number of carbonyl (C=O) groups is 3. The first kappa shape index (κ1) is 51.2. The van der Waals surface area contributed by atoms with Gasteiger partial charge in [0.2, 0.25) is 0 Å². The summed E-state index contributed by atoms with van der Waals surface area (Å²) in [5.74, 6) is -0.759. The number of hydrogen-bond donors (Lipinski definition) is 1. The average molecular weight is 773 g/mol. The third-order valence-electron chi connectivity index (χ3n) is 8.96. The Bertz CT molecular complexity index is 1020. The lowest BCUT2D eigenvalue weighted by atomic mass is 10.0. The van der Waals surface area contributed by atoms with Gasteiger partial charge in [0.1, 0.15) is 19.8 Å². The molecule has 0 bridgehead atoms. The molecule has 1 unspecified atom stereocenters. The van der Waals surface area contributed by atoms with Gasteiger partial charge in [-0.25, -0.2) is 4.57 Å². The van der Waals surface area contributed by atoms with Crippen molar-refractivity contribution in [3.05, 3.63) is 24.3 Å². The van der Waals surface area contributed by atoms with E-state index < -0.39 is 32.5 Å². The van der Waals surface area contributed by atoms with E-state index in [0.29, 0.717) is 30.3 Å². The quantitative estimate of drug-likeness (QED) is 0.0163. The molecule has 0 heterocycles. The second-order valence-corrected chi connectivity index (χ2v) is 16.9. The summed E-state index contributed by atoms with van der Waals surface area (Å²) in [5.41, 5.74) is 0. The van der Waals surface area contributed by atoms with Crippen LogP contribution < -0.4 is 0 Å². The summed E-state index contributed by atoms with van der Waals surface area (Å²) in [5, 5.41) is 0. The summed E-state index contributed by atoms with van der Waals surface area (Å²) in [6, 6.07) is 0. The molecule has 0 radical (unpaired) electrons. The lowest BCUT2D eigenvalue weighted by molar-refractivity contribution is -0.870. The highest BCUT2D eigenvalue weighted by Gasteiger charge is 2.27. The van der Waals surface area contributed by atoms with E-state index in [0.717, 1.165) is 51.4 Å². The molecule has 0 aliphatic carbocycles. The van der Waals surface area contributed by atoms with E-state index in [9.17, 15) is 23.8 Å². The van der Waals surface area contributed by atoms with Crippen LogP contribution in [-0.2, 0) is 37.5 Å². The summed E-state index contributed by atoms with van der Waals surface area (Å²) in [4.78, 5) is 47.3. The van der Waals surface area contributed by atoms with Crippen LogP contribution >= 0.6 is 7.82 Å². The summed E-state index contributed by atoms with van der Waals surface area (Å²) < 4.78 is 34.1. The van der Waals surface area contributed by atoms with Crippen LogP contribution in [0.2, 0.25) is 0 Å². The van der Waals surface area contributed by atoms with Gasteiger partial charge in [-0.05, 0) is 38.2 Å². The Morgan fingerprint density at radius 2 is 1.11 bits per heavy atom. The number of unbranched alkanes of at least 4 members (excludes halogenated alkanes) is 19. The van der Waals surface area contributed by atoms with Crippen molar-refractivity contribution >= 4 is 25.5 Å². The van der Waals surface area contributed by atoms with Crippen LogP contribution in [0.5, 0.6) is 0 Å². The molecule has 0 rings (SSSR count). The molecule has 2 atom stereocenters. The van der Waals surface area contributed by atoms with E-state index in [1.54, 1.807) is 6.08 Å². The van der Waals surface area contributed by atoms with Crippen LogP contribution in [0.4, 0.5) is 0 Å². The van der Waals surface area contributed by atoms with Crippen molar-refractivity contribution in [3.63, 3.8) is 0 Å². The molecule has 310 valence electrons. The number of rotatable bonds is 38. The Morgan fingerprint density at radius 3 is 1.66 bits per heavy atom. The van der Waals surface area contributed by atoms with Crippen LogP contribution in [0, 0.1) is 0 Å². The van der Waals surface area contributed by atoms with Gasteiger partial charge in [-0.3, -0.25) is 23.4 Å². The van der Waals surface area contributed by atoms with Gasteiger partial charge in [-0.1, -0.05) is 141 Å². The van der Waals surface area contributed by atoms with Crippen LogP contribution in [0.15, 0.2) is 24.3 Å². The summed E-state index contributed by atoms with van der Waals surface area (Å²) in [6.07, 6.45) is 31.8. The monoisotopic (exact) mass is 773 g/mol. The number of quaternary nitrogens is 1. The van der Waals surface area contributed by atoms with Gasteiger partial charge in [-0.2, -0.15) is 0 Å². The van der Waals surface area contributed by atoms with Crippen LogP contribution in [0.3, 0.4) is 0 Å². The number of ketones is 1. The maximum Gasteiger partial charge on any atom is 0.472 e. The first-order valence-corrected chi connectivity index (χ1v) is 22.5. The van der Waals surface area contributed by atoms with E-state index >= 15 is 0 Å². The number of nitrogens with zero attached hydrogens (tertiary/aromatic N) is 1. The SMILES string of the molecule is CCCCC/C=C\C=C\C(=O)CCCCCCCC(=O)OC[C@H](COP(=O)(O)OCC[N+](C)(C)C)OC(=O)CCCCCCCCCCCCCCC. The Balaban J connectivity index is 4.46. The average Bonchev–Trinajstić information content (AvgIpc) is 3.10. The number of carbonyl (C=O) groups excluding carboxylic acids is 3. The minimum atomic E-state index is -4.39.